The van der Waals surface area contributed by atoms with Crippen molar-refractivity contribution in [1.82, 2.24) is 19.7 Å². The number of rotatable bonds is 10. The zero-order chi connectivity index (χ0) is 24.0. The Morgan fingerprint density at radius 1 is 1.21 bits per heavy atom. The van der Waals surface area contributed by atoms with Gasteiger partial charge in [0, 0.05) is 52.2 Å². The summed E-state index contributed by atoms with van der Waals surface area (Å²) in [7, 11) is 1.62. The molecule has 0 saturated carbocycles. The molecule has 2 aromatic heterocycles. The molecule has 8 nitrogen and oxygen atoms in total. The van der Waals surface area contributed by atoms with Gasteiger partial charge in [-0.05, 0) is 62.4 Å². The normalized spacial score (nSPS) is 18.9. The van der Waals surface area contributed by atoms with E-state index in [4.69, 9.17) is 9.15 Å². The molecule has 4 heterocycles. The van der Waals surface area contributed by atoms with Gasteiger partial charge in [0.1, 0.15) is 11.3 Å². The highest BCUT2D eigenvalue weighted by Gasteiger charge is 2.57. The highest BCUT2D eigenvalue weighted by Crippen LogP contribution is 2.37. The number of furan rings is 1. The van der Waals surface area contributed by atoms with E-state index >= 15 is 0 Å². The Balaban J connectivity index is 1.40. The molecule has 2 aromatic rings. The van der Waals surface area contributed by atoms with Crippen LogP contribution in [-0.2, 0) is 16.0 Å². The van der Waals surface area contributed by atoms with Crippen LogP contribution in [0.1, 0.15) is 37.5 Å². The van der Waals surface area contributed by atoms with Crippen LogP contribution in [0.4, 0.5) is 4.79 Å². The Morgan fingerprint density at radius 2 is 2.03 bits per heavy atom. The summed E-state index contributed by atoms with van der Waals surface area (Å²) in [6.07, 6.45) is 10.1. The van der Waals surface area contributed by atoms with E-state index in [2.05, 4.69) is 16.8 Å². The number of methoxy groups -OCH3 is 1. The first-order chi connectivity index (χ1) is 16.5. The number of pyridine rings is 1. The molecule has 0 aromatic carbocycles. The lowest BCUT2D eigenvalue weighted by molar-refractivity contribution is -0.135. The molecular formula is C26H34N4O4. The van der Waals surface area contributed by atoms with Gasteiger partial charge < -0.3 is 14.1 Å². The fraction of sp³-hybridized carbons (Fsp3) is 0.500. The van der Waals surface area contributed by atoms with Crippen molar-refractivity contribution in [2.45, 2.75) is 38.1 Å². The number of carbonyl (C=O) groups excluding carboxylic acids is 2. The van der Waals surface area contributed by atoms with E-state index in [1.807, 2.05) is 36.5 Å². The molecule has 8 heteroatoms. The average molecular weight is 467 g/mol. The number of ether oxygens (including phenoxy) is 1. The zero-order valence-electron chi connectivity index (χ0n) is 20.1. The molecule has 0 unspecified atom stereocenters. The predicted octanol–water partition coefficient (Wildman–Crippen LogP) is 3.46. The number of nitrogens with zero attached hydrogens (tertiary/aromatic N) is 4. The number of aryl methyl sites for hydroxylation is 1. The monoisotopic (exact) mass is 466 g/mol. The van der Waals surface area contributed by atoms with Crippen LogP contribution in [0.15, 0.2) is 52.9 Å². The van der Waals surface area contributed by atoms with Gasteiger partial charge in [-0.3, -0.25) is 19.6 Å². The van der Waals surface area contributed by atoms with Crippen LogP contribution in [0.3, 0.4) is 0 Å². The van der Waals surface area contributed by atoms with Gasteiger partial charge in [-0.25, -0.2) is 4.79 Å². The largest absolute Gasteiger partial charge is 0.465 e. The summed E-state index contributed by atoms with van der Waals surface area (Å²) in [4.78, 5) is 36.6. The summed E-state index contributed by atoms with van der Waals surface area (Å²) in [5, 5.41) is 0. The Hall–Kier alpha value is -2.97. The van der Waals surface area contributed by atoms with E-state index in [1.54, 1.807) is 24.5 Å². The van der Waals surface area contributed by atoms with Crippen LogP contribution >= 0.6 is 0 Å². The molecule has 2 aliphatic heterocycles. The third-order valence-corrected chi connectivity index (χ3v) is 6.80. The molecule has 2 saturated heterocycles. The van der Waals surface area contributed by atoms with Crippen LogP contribution < -0.4 is 0 Å². The molecule has 4 rings (SSSR count). The molecule has 2 aliphatic rings. The number of imide groups is 1. The van der Waals surface area contributed by atoms with Crippen molar-refractivity contribution in [2.24, 2.45) is 0 Å². The Kier molecular flexibility index (Phi) is 7.80. The highest BCUT2D eigenvalue weighted by atomic mass is 16.5. The fourth-order valence-electron chi connectivity index (χ4n) is 5.04. The molecule has 1 spiro atoms. The van der Waals surface area contributed by atoms with E-state index < -0.39 is 5.54 Å². The van der Waals surface area contributed by atoms with Gasteiger partial charge in [-0.15, -0.1) is 0 Å². The summed E-state index contributed by atoms with van der Waals surface area (Å²) in [6.45, 7) is 5.69. The molecule has 0 atom stereocenters. The standard InChI is InChI=1S/C26H34N4O4/c1-21(18-23-8-5-16-34-23)20-28-13-9-26(10-14-28)24(31)29(25(32)30(26)15-17-33-2)12-4-7-22-6-3-11-27-19-22/h3,5-6,8,11,16,18-19H,4,7,9-10,12-15,17,20H2,1-2H3/b21-18+. The first-order valence-corrected chi connectivity index (χ1v) is 12.0. The minimum absolute atomic E-state index is 0.0534. The summed E-state index contributed by atoms with van der Waals surface area (Å²) < 4.78 is 10.7. The van der Waals surface area contributed by atoms with E-state index in [1.165, 1.54) is 10.5 Å². The first kappa shape index (κ1) is 24.2. The van der Waals surface area contributed by atoms with Gasteiger partial charge in [-0.1, -0.05) is 11.6 Å². The SMILES string of the molecule is COCCN1C(=O)N(CCCc2cccnc2)C(=O)C12CCN(C/C(C)=C/c1ccco1)CC2. The quantitative estimate of drug-likeness (QED) is 0.499. The van der Waals surface area contributed by atoms with E-state index in [0.717, 1.165) is 43.8 Å². The van der Waals surface area contributed by atoms with Crippen molar-refractivity contribution in [3.63, 3.8) is 0 Å². The second-order valence-electron chi connectivity index (χ2n) is 9.16. The van der Waals surface area contributed by atoms with Crippen molar-refractivity contribution in [3.8, 4) is 0 Å². The third kappa shape index (κ3) is 5.23. The van der Waals surface area contributed by atoms with Crippen LogP contribution in [0.2, 0.25) is 0 Å². The molecule has 0 bridgehead atoms. The van der Waals surface area contributed by atoms with E-state index in [-0.39, 0.29) is 11.9 Å². The highest BCUT2D eigenvalue weighted by molar-refractivity contribution is 6.07. The maximum absolute atomic E-state index is 13.6. The Labute approximate surface area is 201 Å². The maximum Gasteiger partial charge on any atom is 0.327 e. The van der Waals surface area contributed by atoms with Gasteiger partial charge in [0.25, 0.3) is 5.91 Å². The van der Waals surface area contributed by atoms with Crippen molar-refractivity contribution in [2.75, 3.05) is 46.4 Å². The van der Waals surface area contributed by atoms with Crippen LogP contribution in [0.5, 0.6) is 0 Å². The molecule has 2 fully saturated rings. The molecule has 0 radical (unpaired) electrons. The number of aromatic nitrogens is 1. The summed E-state index contributed by atoms with van der Waals surface area (Å²) in [6, 6.07) is 7.56. The lowest BCUT2D eigenvalue weighted by atomic mass is 9.85. The van der Waals surface area contributed by atoms with Crippen molar-refractivity contribution in [3.05, 3.63) is 59.8 Å². The number of hydrogen-bond donors (Lipinski definition) is 0. The lowest BCUT2D eigenvalue weighted by Gasteiger charge is -2.42. The smallest absolute Gasteiger partial charge is 0.327 e. The minimum atomic E-state index is -0.765. The molecule has 34 heavy (non-hydrogen) atoms. The number of amides is 3. The second kappa shape index (κ2) is 11.0. The predicted molar refractivity (Wildman–Crippen MR) is 129 cm³/mol. The second-order valence-corrected chi connectivity index (χ2v) is 9.16. The van der Waals surface area contributed by atoms with Crippen molar-refractivity contribution >= 4 is 18.0 Å². The van der Waals surface area contributed by atoms with Gasteiger partial charge in [0.05, 0.1) is 12.9 Å². The minimum Gasteiger partial charge on any atom is -0.465 e. The number of urea groups is 1. The Morgan fingerprint density at radius 3 is 2.71 bits per heavy atom. The van der Waals surface area contributed by atoms with Gasteiger partial charge >= 0.3 is 6.03 Å². The third-order valence-electron chi connectivity index (χ3n) is 6.80. The van der Waals surface area contributed by atoms with Crippen LogP contribution in [-0.4, -0.2) is 83.6 Å². The van der Waals surface area contributed by atoms with E-state index in [9.17, 15) is 9.59 Å². The van der Waals surface area contributed by atoms with Gasteiger partial charge in [0.2, 0.25) is 0 Å². The molecule has 0 aliphatic carbocycles. The van der Waals surface area contributed by atoms with E-state index in [0.29, 0.717) is 32.5 Å². The summed E-state index contributed by atoms with van der Waals surface area (Å²) in [5.74, 6) is 0.789. The van der Waals surface area contributed by atoms with Gasteiger partial charge in [0.15, 0.2) is 0 Å². The zero-order valence-corrected chi connectivity index (χ0v) is 20.1. The van der Waals surface area contributed by atoms with Crippen molar-refractivity contribution in [1.29, 1.82) is 0 Å². The van der Waals surface area contributed by atoms with Crippen LogP contribution in [0, 0.1) is 0 Å². The van der Waals surface area contributed by atoms with Crippen LogP contribution in [0.25, 0.3) is 6.08 Å². The molecular weight excluding hydrogens is 432 g/mol. The van der Waals surface area contributed by atoms with Gasteiger partial charge in [-0.2, -0.15) is 0 Å². The summed E-state index contributed by atoms with van der Waals surface area (Å²) in [5.41, 5.74) is 1.55. The Bertz CT molecular complexity index is 981. The van der Waals surface area contributed by atoms with Crippen molar-refractivity contribution < 1.29 is 18.7 Å². The number of likely N-dealkylation sites (tertiary alicyclic amines) is 1. The topological polar surface area (TPSA) is 79.1 Å². The average Bonchev–Trinajstić information content (AvgIpc) is 3.41. The number of hydrogen-bond acceptors (Lipinski definition) is 6. The fourth-order valence-corrected chi connectivity index (χ4v) is 5.04. The molecule has 3 amide bonds. The molecule has 182 valence electrons. The summed E-state index contributed by atoms with van der Waals surface area (Å²) >= 11 is 0. The number of piperidine rings is 1. The lowest BCUT2D eigenvalue weighted by Crippen LogP contribution is -2.57. The molecule has 0 N–H and O–H groups in total. The maximum atomic E-state index is 13.6. The number of carbonyl (C=O) groups is 2. The first-order valence-electron chi connectivity index (χ1n) is 12.0.